The number of hydrogen-bond acceptors (Lipinski definition) is 5. The van der Waals surface area contributed by atoms with E-state index in [1.54, 1.807) is 0 Å². The Morgan fingerprint density at radius 1 is 1.15 bits per heavy atom. The molecule has 4 rings (SSSR count). The number of aryl methyl sites for hydroxylation is 1. The summed E-state index contributed by atoms with van der Waals surface area (Å²) in [5.41, 5.74) is 3.72. The van der Waals surface area contributed by atoms with Crippen molar-refractivity contribution in [3.05, 3.63) is 57.2 Å². The highest BCUT2D eigenvalue weighted by Crippen LogP contribution is 2.31. The predicted molar refractivity (Wildman–Crippen MR) is 135 cm³/mol. The van der Waals surface area contributed by atoms with Crippen LogP contribution in [-0.4, -0.2) is 61.1 Å². The van der Waals surface area contributed by atoms with Gasteiger partial charge in [-0.3, -0.25) is 9.69 Å². The number of halogens is 2. The maximum Gasteiger partial charge on any atom is 0.356 e. The van der Waals surface area contributed by atoms with Crippen LogP contribution >= 0.6 is 27.5 Å². The molecular weight excluding hydrogens is 508 g/mol. The molecule has 1 aliphatic heterocycles. The lowest BCUT2D eigenvalue weighted by molar-refractivity contribution is -0.120. The van der Waals surface area contributed by atoms with Crippen molar-refractivity contribution < 1.29 is 14.3 Å². The number of aromatic amines is 1. The number of amides is 1. The van der Waals surface area contributed by atoms with Gasteiger partial charge in [0, 0.05) is 52.3 Å². The topological polar surface area (TPSA) is 77.7 Å². The minimum atomic E-state index is -0.532. The molecule has 2 N–H and O–H groups in total. The number of H-pyrrole nitrogens is 1. The SMILES string of the molecule is COC(=O)c1[nH]c2ccc(Br)cc2c1NC(=O)C(C)N1CCN(c2cc(Cl)ccc2C)CC1. The average Bonchev–Trinajstić information content (AvgIpc) is 3.17. The minimum Gasteiger partial charge on any atom is -0.464 e. The molecule has 9 heteroatoms. The maximum absolute atomic E-state index is 13.2. The molecule has 174 valence electrons. The van der Waals surface area contributed by atoms with E-state index in [1.807, 2.05) is 43.3 Å². The molecule has 0 spiro atoms. The number of anilines is 2. The fourth-order valence-electron chi connectivity index (χ4n) is 4.22. The molecule has 0 saturated carbocycles. The molecule has 1 amide bonds. The van der Waals surface area contributed by atoms with E-state index >= 15 is 0 Å². The molecule has 1 atom stereocenters. The van der Waals surface area contributed by atoms with Crippen molar-refractivity contribution in [1.29, 1.82) is 0 Å². The number of piperazine rings is 1. The van der Waals surface area contributed by atoms with E-state index in [0.717, 1.165) is 52.3 Å². The van der Waals surface area contributed by atoms with Gasteiger partial charge < -0.3 is 19.9 Å². The zero-order valence-corrected chi connectivity index (χ0v) is 21.1. The first-order valence-corrected chi connectivity index (χ1v) is 11.9. The third kappa shape index (κ3) is 4.88. The molecule has 3 aromatic rings. The van der Waals surface area contributed by atoms with Gasteiger partial charge in [-0.25, -0.2) is 4.79 Å². The second-order valence-electron chi connectivity index (χ2n) is 8.18. The van der Waals surface area contributed by atoms with E-state index in [2.05, 4.69) is 43.0 Å². The standard InChI is InChI=1S/C24H26BrClN4O3/c1-14-4-6-17(26)13-20(14)30-10-8-29(9-11-30)15(2)23(31)28-21-18-12-16(25)5-7-19(18)27-22(21)24(32)33-3/h4-7,12-13,15,27H,8-11H2,1-3H3,(H,28,31). The molecule has 33 heavy (non-hydrogen) atoms. The summed E-state index contributed by atoms with van der Waals surface area (Å²) in [6.45, 7) is 7.04. The van der Waals surface area contributed by atoms with Crippen LogP contribution < -0.4 is 10.2 Å². The molecule has 2 aromatic carbocycles. The number of rotatable bonds is 5. The lowest BCUT2D eigenvalue weighted by atomic mass is 10.1. The summed E-state index contributed by atoms with van der Waals surface area (Å²) >= 11 is 9.65. The van der Waals surface area contributed by atoms with Crippen LogP contribution in [0.5, 0.6) is 0 Å². The largest absolute Gasteiger partial charge is 0.464 e. The van der Waals surface area contributed by atoms with Crippen molar-refractivity contribution in [2.24, 2.45) is 0 Å². The van der Waals surface area contributed by atoms with E-state index in [-0.39, 0.29) is 17.6 Å². The zero-order chi connectivity index (χ0) is 23.7. The van der Waals surface area contributed by atoms with E-state index in [1.165, 1.54) is 12.7 Å². The molecule has 1 aliphatic rings. The lowest BCUT2D eigenvalue weighted by Crippen LogP contribution is -2.53. The van der Waals surface area contributed by atoms with Crippen molar-refractivity contribution in [3.63, 3.8) is 0 Å². The Labute approximate surface area is 206 Å². The highest BCUT2D eigenvalue weighted by atomic mass is 79.9. The molecule has 1 unspecified atom stereocenters. The fourth-order valence-corrected chi connectivity index (χ4v) is 4.74. The average molecular weight is 534 g/mol. The number of methoxy groups -OCH3 is 1. The maximum atomic E-state index is 13.2. The first-order chi connectivity index (χ1) is 15.8. The Kier molecular flexibility index (Phi) is 6.97. The summed E-state index contributed by atoms with van der Waals surface area (Å²) in [5, 5.41) is 4.43. The number of ether oxygens (including phenoxy) is 1. The molecule has 0 radical (unpaired) electrons. The smallest absolute Gasteiger partial charge is 0.356 e. The third-order valence-electron chi connectivity index (χ3n) is 6.15. The van der Waals surface area contributed by atoms with Gasteiger partial charge in [0.05, 0.1) is 18.8 Å². The summed E-state index contributed by atoms with van der Waals surface area (Å²) in [6, 6.07) is 11.1. The van der Waals surface area contributed by atoms with Gasteiger partial charge in [0.25, 0.3) is 0 Å². The number of benzene rings is 2. The summed E-state index contributed by atoms with van der Waals surface area (Å²) in [4.78, 5) is 33.0. The van der Waals surface area contributed by atoms with Crippen molar-refractivity contribution in [1.82, 2.24) is 9.88 Å². The molecule has 0 aliphatic carbocycles. The number of aromatic nitrogens is 1. The predicted octanol–water partition coefficient (Wildman–Crippen LogP) is 4.83. The van der Waals surface area contributed by atoms with Crippen molar-refractivity contribution in [3.8, 4) is 0 Å². The summed E-state index contributed by atoms with van der Waals surface area (Å²) in [6.07, 6.45) is 0. The van der Waals surface area contributed by atoms with Gasteiger partial charge >= 0.3 is 5.97 Å². The van der Waals surface area contributed by atoms with Crippen LogP contribution in [0.3, 0.4) is 0 Å². The number of esters is 1. The Balaban J connectivity index is 1.48. The number of hydrogen-bond donors (Lipinski definition) is 2. The van der Waals surface area contributed by atoms with E-state index in [4.69, 9.17) is 16.3 Å². The van der Waals surface area contributed by atoms with Gasteiger partial charge in [0.15, 0.2) is 0 Å². The second-order valence-corrected chi connectivity index (χ2v) is 9.53. The molecular formula is C24H26BrClN4O3. The van der Waals surface area contributed by atoms with Crippen LogP contribution in [0.2, 0.25) is 5.02 Å². The second kappa shape index (κ2) is 9.75. The molecule has 1 saturated heterocycles. The quantitative estimate of drug-likeness (QED) is 0.460. The number of nitrogens with one attached hydrogen (secondary N) is 2. The Morgan fingerprint density at radius 2 is 1.88 bits per heavy atom. The van der Waals surface area contributed by atoms with E-state index in [9.17, 15) is 9.59 Å². The molecule has 2 heterocycles. The minimum absolute atomic E-state index is 0.173. The Bertz CT molecular complexity index is 1200. The van der Waals surface area contributed by atoms with Crippen LogP contribution in [-0.2, 0) is 9.53 Å². The number of carbonyl (C=O) groups excluding carboxylic acids is 2. The Morgan fingerprint density at radius 3 is 2.58 bits per heavy atom. The first-order valence-electron chi connectivity index (χ1n) is 10.7. The number of nitrogens with zero attached hydrogens (tertiary/aromatic N) is 2. The number of fused-ring (bicyclic) bond motifs is 1. The first kappa shape index (κ1) is 23.6. The molecule has 7 nitrogen and oxygen atoms in total. The summed E-state index contributed by atoms with van der Waals surface area (Å²) in [5.74, 6) is -0.704. The van der Waals surface area contributed by atoms with Gasteiger partial charge in [-0.2, -0.15) is 0 Å². The fraction of sp³-hybridized carbons (Fsp3) is 0.333. The zero-order valence-electron chi connectivity index (χ0n) is 18.7. The van der Waals surface area contributed by atoms with Gasteiger partial charge in [0.1, 0.15) is 5.69 Å². The van der Waals surface area contributed by atoms with Crippen molar-refractivity contribution >= 4 is 61.7 Å². The van der Waals surface area contributed by atoms with Gasteiger partial charge in [0.2, 0.25) is 5.91 Å². The van der Waals surface area contributed by atoms with Crippen LogP contribution in [0.1, 0.15) is 23.0 Å². The van der Waals surface area contributed by atoms with Crippen molar-refractivity contribution in [2.45, 2.75) is 19.9 Å². The van der Waals surface area contributed by atoms with Crippen LogP contribution in [0.15, 0.2) is 40.9 Å². The number of carbonyl (C=O) groups is 2. The normalized spacial score (nSPS) is 15.5. The lowest BCUT2D eigenvalue weighted by Gasteiger charge is -2.39. The molecule has 0 bridgehead atoms. The highest BCUT2D eigenvalue weighted by Gasteiger charge is 2.28. The third-order valence-corrected chi connectivity index (χ3v) is 6.88. The highest BCUT2D eigenvalue weighted by molar-refractivity contribution is 9.10. The Hall–Kier alpha value is -2.55. The van der Waals surface area contributed by atoms with E-state index < -0.39 is 5.97 Å². The van der Waals surface area contributed by atoms with Crippen LogP contribution in [0, 0.1) is 6.92 Å². The molecule has 1 aromatic heterocycles. The molecule has 1 fully saturated rings. The van der Waals surface area contributed by atoms with E-state index in [0.29, 0.717) is 5.69 Å². The van der Waals surface area contributed by atoms with Crippen molar-refractivity contribution in [2.75, 3.05) is 43.5 Å². The van der Waals surface area contributed by atoms with Gasteiger partial charge in [-0.1, -0.05) is 33.6 Å². The van der Waals surface area contributed by atoms with Crippen LogP contribution in [0.25, 0.3) is 10.9 Å². The van der Waals surface area contributed by atoms with Crippen LogP contribution in [0.4, 0.5) is 11.4 Å². The van der Waals surface area contributed by atoms with Gasteiger partial charge in [-0.15, -0.1) is 0 Å². The monoisotopic (exact) mass is 532 g/mol. The summed E-state index contributed by atoms with van der Waals surface area (Å²) in [7, 11) is 1.32. The van der Waals surface area contributed by atoms with Gasteiger partial charge in [-0.05, 0) is 49.7 Å². The summed E-state index contributed by atoms with van der Waals surface area (Å²) < 4.78 is 5.76.